The second-order valence-electron chi connectivity index (χ2n) is 9.07. The van der Waals surface area contributed by atoms with Gasteiger partial charge < -0.3 is 13.9 Å². The van der Waals surface area contributed by atoms with Gasteiger partial charge in [-0.2, -0.15) is 0 Å². The molecular weight excluding hydrogens is 322 g/mol. The van der Waals surface area contributed by atoms with Crippen molar-refractivity contribution in [1.29, 1.82) is 0 Å². The van der Waals surface area contributed by atoms with Crippen LogP contribution in [0, 0.1) is 5.92 Å². The summed E-state index contributed by atoms with van der Waals surface area (Å²) >= 11 is 0. The first-order valence-electron chi connectivity index (χ1n) is 8.61. The van der Waals surface area contributed by atoms with Gasteiger partial charge in [0, 0.05) is 5.92 Å². The van der Waals surface area contributed by atoms with Gasteiger partial charge in [-0.25, -0.2) is 4.79 Å². The summed E-state index contributed by atoms with van der Waals surface area (Å²) in [6.45, 7) is 19.3. The molecule has 1 amide bonds. The number of hydrogen-bond donors (Lipinski definition) is 0. The van der Waals surface area contributed by atoms with E-state index in [0.717, 1.165) is 5.70 Å². The minimum Gasteiger partial charge on any atom is -0.503 e. The van der Waals surface area contributed by atoms with Gasteiger partial charge >= 0.3 is 6.09 Å². The average molecular weight is 358 g/mol. The molecule has 0 aromatic carbocycles. The quantitative estimate of drug-likeness (QED) is 0.540. The maximum Gasteiger partial charge on any atom is 0.414 e. The SMILES string of the molecule is COC=C1[C@H](C)[C@@H](O[Si](C)(C)C(C)(C)C)CN1C(=O)OC(C)(C)C. The van der Waals surface area contributed by atoms with E-state index in [9.17, 15) is 4.79 Å². The van der Waals surface area contributed by atoms with Gasteiger partial charge in [0.2, 0.25) is 0 Å². The number of methoxy groups -OCH3 is 1. The molecule has 140 valence electrons. The minimum absolute atomic E-state index is 0.0418. The lowest BCUT2D eigenvalue weighted by atomic mass is 10.1. The fourth-order valence-electron chi connectivity index (χ4n) is 2.36. The minimum atomic E-state index is -1.92. The number of rotatable bonds is 3. The van der Waals surface area contributed by atoms with Gasteiger partial charge in [0.25, 0.3) is 0 Å². The van der Waals surface area contributed by atoms with Crippen LogP contribution < -0.4 is 0 Å². The molecule has 1 aliphatic rings. The molecule has 0 unspecified atom stereocenters. The topological polar surface area (TPSA) is 48.0 Å². The van der Waals surface area contributed by atoms with Gasteiger partial charge in [-0.05, 0) is 38.9 Å². The third-order valence-electron chi connectivity index (χ3n) is 4.80. The molecule has 6 heteroatoms. The van der Waals surface area contributed by atoms with Crippen molar-refractivity contribution in [2.45, 2.75) is 78.3 Å². The lowest BCUT2D eigenvalue weighted by Crippen LogP contribution is -2.46. The zero-order valence-corrected chi connectivity index (χ0v) is 18.0. The molecule has 1 fully saturated rings. The molecule has 0 saturated carbocycles. The number of carbonyl (C=O) groups is 1. The summed E-state index contributed by atoms with van der Waals surface area (Å²) in [6.07, 6.45) is 1.24. The van der Waals surface area contributed by atoms with E-state index in [1.54, 1.807) is 18.3 Å². The number of ether oxygens (including phenoxy) is 2. The van der Waals surface area contributed by atoms with E-state index in [-0.39, 0.29) is 23.2 Å². The van der Waals surface area contributed by atoms with E-state index in [0.29, 0.717) is 6.54 Å². The van der Waals surface area contributed by atoms with Crippen LogP contribution in [0.2, 0.25) is 18.1 Å². The molecule has 2 atom stereocenters. The fourth-order valence-corrected chi connectivity index (χ4v) is 3.75. The van der Waals surface area contributed by atoms with Crippen LogP contribution in [0.4, 0.5) is 4.79 Å². The number of amides is 1. The second kappa shape index (κ2) is 7.08. The Hall–Kier alpha value is -1.01. The largest absolute Gasteiger partial charge is 0.503 e. The third kappa shape index (κ3) is 4.99. The van der Waals surface area contributed by atoms with Crippen LogP contribution in [-0.4, -0.2) is 44.7 Å². The van der Waals surface area contributed by atoms with E-state index in [1.807, 2.05) is 20.8 Å². The maximum atomic E-state index is 12.6. The highest BCUT2D eigenvalue weighted by molar-refractivity contribution is 6.74. The van der Waals surface area contributed by atoms with Crippen molar-refractivity contribution in [2.24, 2.45) is 5.92 Å². The van der Waals surface area contributed by atoms with Crippen molar-refractivity contribution in [3.05, 3.63) is 12.0 Å². The molecule has 1 saturated heterocycles. The Morgan fingerprint density at radius 3 is 2.17 bits per heavy atom. The van der Waals surface area contributed by atoms with Crippen molar-refractivity contribution >= 4 is 14.4 Å². The van der Waals surface area contributed by atoms with E-state index in [1.165, 1.54) is 0 Å². The summed E-state index contributed by atoms with van der Waals surface area (Å²) < 4.78 is 17.3. The summed E-state index contributed by atoms with van der Waals surface area (Å²) in [5.74, 6) is 0.0755. The number of hydrogen-bond acceptors (Lipinski definition) is 4. The van der Waals surface area contributed by atoms with Crippen LogP contribution in [-0.2, 0) is 13.9 Å². The zero-order chi connectivity index (χ0) is 18.9. The summed E-state index contributed by atoms with van der Waals surface area (Å²) in [7, 11) is -0.330. The Morgan fingerprint density at radius 1 is 1.21 bits per heavy atom. The van der Waals surface area contributed by atoms with Crippen LogP contribution in [0.5, 0.6) is 0 Å². The van der Waals surface area contributed by atoms with Gasteiger partial charge in [0.15, 0.2) is 8.32 Å². The molecule has 5 nitrogen and oxygen atoms in total. The predicted molar refractivity (Wildman–Crippen MR) is 99.3 cm³/mol. The maximum absolute atomic E-state index is 12.6. The van der Waals surface area contributed by atoms with Crippen LogP contribution in [0.3, 0.4) is 0 Å². The molecule has 0 aliphatic carbocycles. The van der Waals surface area contributed by atoms with Crippen LogP contribution >= 0.6 is 0 Å². The normalized spacial score (nSPS) is 24.4. The van der Waals surface area contributed by atoms with Gasteiger partial charge in [0.05, 0.1) is 25.5 Å². The summed E-state index contributed by atoms with van der Waals surface area (Å²) in [5.41, 5.74) is 0.284. The van der Waals surface area contributed by atoms with Gasteiger partial charge in [-0.15, -0.1) is 0 Å². The molecule has 1 heterocycles. The first-order chi connectivity index (χ1) is 10.7. The number of carbonyl (C=O) groups excluding carboxylic acids is 1. The highest BCUT2D eigenvalue weighted by Crippen LogP contribution is 2.41. The first kappa shape index (κ1) is 21.0. The Balaban J connectivity index is 3.01. The van der Waals surface area contributed by atoms with Gasteiger partial charge in [-0.3, -0.25) is 4.90 Å². The van der Waals surface area contributed by atoms with Crippen molar-refractivity contribution < 1.29 is 18.7 Å². The molecule has 0 spiro atoms. The van der Waals surface area contributed by atoms with E-state index in [2.05, 4.69) is 40.8 Å². The van der Waals surface area contributed by atoms with Crippen molar-refractivity contribution in [3.8, 4) is 0 Å². The predicted octanol–water partition coefficient (Wildman–Crippen LogP) is 4.75. The lowest BCUT2D eigenvalue weighted by Gasteiger charge is -2.39. The fraction of sp³-hybridized carbons (Fsp3) is 0.833. The third-order valence-corrected chi connectivity index (χ3v) is 9.31. The van der Waals surface area contributed by atoms with Crippen molar-refractivity contribution in [2.75, 3.05) is 13.7 Å². The molecule has 0 N–H and O–H groups in total. The number of nitrogens with zero attached hydrogens (tertiary/aromatic N) is 1. The van der Waals surface area contributed by atoms with Crippen LogP contribution in [0.1, 0.15) is 48.5 Å². The zero-order valence-electron chi connectivity index (χ0n) is 17.0. The van der Waals surface area contributed by atoms with Gasteiger partial charge in [-0.1, -0.05) is 27.7 Å². The smallest absolute Gasteiger partial charge is 0.414 e. The lowest BCUT2D eigenvalue weighted by molar-refractivity contribution is 0.0307. The Morgan fingerprint density at radius 2 is 1.75 bits per heavy atom. The molecular formula is C18H35NO4Si. The molecule has 24 heavy (non-hydrogen) atoms. The van der Waals surface area contributed by atoms with Crippen LogP contribution in [0.15, 0.2) is 12.0 Å². The Bertz CT molecular complexity index is 488. The second-order valence-corrected chi connectivity index (χ2v) is 13.8. The monoisotopic (exact) mass is 357 g/mol. The summed E-state index contributed by atoms with van der Waals surface area (Å²) in [6, 6.07) is 0. The van der Waals surface area contributed by atoms with Crippen LogP contribution in [0.25, 0.3) is 0 Å². The molecule has 0 bridgehead atoms. The Labute approximate surface area is 148 Å². The van der Waals surface area contributed by atoms with E-state index >= 15 is 0 Å². The van der Waals surface area contributed by atoms with Crippen molar-refractivity contribution in [3.63, 3.8) is 0 Å². The van der Waals surface area contributed by atoms with E-state index < -0.39 is 13.9 Å². The average Bonchev–Trinajstić information content (AvgIpc) is 2.64. The van der Waals surface area contributed by atoms with E-state index in [4.69, 9.17) is 13.9 Å². The first-order valence-corrected chi connectivity index (χ1v) is 11.5. The number of likely N-dealkylation sites (tertiary alicyclic amines) is 1. The molecule has 0 aromatic heterocycles. The molecule has 1 rings (SSSR count). The standard InChI is InChI=1S/C18H35NO4Si/c1-13-14(12-21-8)19(16(20)22-17(2,3)4)11-15(13)23-24(9,10)18(5,6)7/h12-13,15H,11H2,1-10H3/t13-,15-/m0/s1. The Kier molecular flexibility index (Phi) is 6.20. The highest BCUT2D eigenvalue weighted by Gasteiger charge is 2.46. The van der Waals surface area contributed by atoms with Gasteiger partial charge in [0.1, 0.15) is 11.9 Å². The highest BCUT2D eigenvalue weighted by atomic mass is 28.4. The van der Waals surface area contributed by atoms with Crippen molar-refractivity contribution in [1.82, 2.24) is 4.90 Å². The molecule has 0 radical (unpaired) electrons. The molecule has 0 aromatic rings. The summed E-state index contributed by atoms with van der Waals surface area (Å²) in [4.78, 5) is 14.2. The molecule has 1 aliphatic heterocycles. The summed E-state index contributed by atoms with van der Waals surface area (Å²) in [5, 5.41) is 0.122.